The first kappa shape index (κ1) is 14.0. The molecule has 0 bridgehead atoms. The Kier molecular flexibility index (Phi) is 4.56. The summed E-state index contributed by atoms with van der Waals surface area (Å²) in [4.78, 5) is 1.60. The molecule has 0 amide bonds. The lowest BCUT2D eigenvalue weighted by Gasteiger charge is -2.23. The molecule has 0 atom stereocenters. The van der Waals surface area contributed by atoms with Gasteiger partial charge >= 0.3 is 6.18 Å². The monoisotopic (exact) mass is 264 g/mol. The molecule has 2 nitrogen and oxygen atoms in total. The Morgan fingerprint density at radius 1 is 1.35 bits per heavy atom. The lowest BCUT2D eigenvalue weighted by atomic mass is 10.1. The van der Waals surface area contributed by atoms with Crippen LogP contribution in [0.5, 0.6) is 0 Å². The average Bonchev–Trinajstić information content (AvgIpc) is 2.24. The molecule has 1 rings (SSSR count). The van der Waals surface area contributed by atoms with Crippen molar-refractivity contribution in [2.75, 3.05) is 36.2 Å². The first-order chi connectivity index (χ1) is 7.86. The van der Waals surface area contributed by atoms with Crippen LogP contribution in [0.15, 0.2) is 18.2 Å². The Balaban J connectivity index is 3.06. The maximum atomic E-state index is 12.8. The second kappa shape index (κ2) is 5.53. The highest BCUT2D eigenvalue weighted by atomic mass is 32.2. The highest BCUT2D eigenvalue weighted by Gasteiger charge is 2.34. The summed E-state index contributed by atoms with van der Waals surface area (Å²) in [5, 5.41) is 0. The van der Waals surface area contributed by atoms with Crippen LogP contribution in [0.2, 0.25) is 0 Å². The van der Waals surface area contributed by atoms with Gasteiger partial charge in [0.2, 0.25) is 0 Å². The normalized spacial score (nSPS) is 11.6. The highest BCUT2D eigenvalue weighted by Crippen LogP contribution is 2.37. The first-order valence-corrected chi connectivity index (χ1v) is 6.42. The minimum Gasteiger partial charge on any atom is -0.399 e. The number of halogens is 3. The number of hydrogen-bond donors (Lipinski definition) is 1. The Bertz CT molecular complexity index is 379. The summed E-state index contributed by atoms with van der Waals surface area (Å²) >= 11 is 1.59. The number of rotatable bonds is 4. The smallest absolute Gasteiger partial charge is 0.399 e. The summed E-state index contributed by atoms with van der Waals surface area (Å²) in [5.41, 5.74) is 5.01. The predicted molar refractivity (Wildman–Crippen MR) is 67.5 cm³/mol. The van der Waals surface area contributed by atoms with Gasteiger partial charge in [-0.15, -0.1) is 0 Å². The number of anilines is 2. The molecule has 1 aromatic carbocycles. The summed E-state index contributed by atoms with van der Waals surface area (Å²) in [5.74, 6) is 0.776. The lowest BCUT2D eigenvalue weighted by molar-refractivity contribution is -0.137. The van der Waals surface area contributed by atoms with Gasteiger partial charge < -0.3 is 10.6 Å². The fourth-order valence-corrected chi connectivity index (χ4v) is 1.92. The van der Waals surface area contributed by atoms with Gasteiger partial charge in [0.05, 0.1) is 5.56 Å². The topological polar surface area (TPSA) is 29.3 Å². The van der Waals surface area contributed by atoms with Gasteiger partial charge in [-0.25, -0.2) is 0 Å². The van der Waals surface area contributed by atoms with Gasteiger partial charge in [-0.05, 0) is 24.5 Å². The van der Waals surface area contributed by atoms with Crippen molar-refractivity contribution in [2.45, 2.75) is 6.18 Å². The minimum atomic E-state index is -4.38. The molecule has 6 heteroatoms. The summed E-state index contributed by atoms with van der Waals surface area (Å²) < 4.78 is 38.5. The minimum absolute atomic E-state index is 0.124. The van der Waals surface area contributed by atoms with Crippen molar-refractivity contribution in [3.05, 3.63) is 23.8 Å². The number of hydrogen-bond acceptors (Lipinski definition) is 3. The van der Waals surface area contributed by atoms with E-state index in [1.54, 1.807) is 23.7 Å². The first-order valence-electron chi connectivity index (χ1n) is 5.03. The summed E-state index contributed by atoms with van der Waals surface area (Å²) in [6.07, 6.45) is -2.46. The Labute approximate surface area is 103 Å². The molecule has 0 radical (unpaired) electrons. The summed E-state index contributed by atoms with van der Waals surface area (Å²) in [6.45, 7) is 0.564. The number of nitrogen functional groups attached to an aromatic ring is 1. The molecule has 17 heavy (non-hydrogen) atoms. The fraction of sp³-hybridized carbons (Fsp3) is 0.455. The number of thioether (sulfide) groups is 1. The van der Waals surface area contributed by atoms with Gasteiger partial charge in [0.1, 0.15) is 0 Å². The van der Waals surface area contributed by atoms with Crippen LogP contribution in [0, 0.1) is 0 Å². The fourth-order valence-electron chi connectivity index (χ4n) is 1.46. The zero-order valence-corrected chi connectivity index (χ0v) is 10.5. The molecule has 0 aliphatic heterocycles. The van der Waals surface area contributed by atoms with Gasteiger partial charge in [-0.1, -0.05) is 0 Å². The molecule has 0 fully saturated rings. The molecule has 0 heterocycles. The van der Waals surface area contributed by atoms with Crippen molar-refractivity contribution in [1.29, 1.82) is 0 Å². The van der Waals surface area contributed by atoms with Crippen molar-refractivity contribution in [2.24, 2.45) is 0 Å². The van der Waals surface area contributed by atoms with Crippen LogP contribution in [0.25, 0.3) is 0 Å². The second-order valence-electron chi connectivity index (χ2n) is 3.69. The van der Waals surface area contributed by atoms with E-state index < -0.39 is 11.7 Å². The molecule has 0 aliphatic rings. The van der Waals surface area contributed by atoms with Gasteiger partial charge in [-0.2, -0.15) is 24.9 Å². The molecular weight excluding hydrogens is 249 g/mol. The molecule has 0 saturated heterocycles. The number of nitrogens with zero attached hydrogens (tertiary/aromatic N) is 1. The molecule has 0 spiro atoms. The third-order valence-electron chi connectivity index (χ3n) is 2.37. The van der Waals surface area contributed by atoms with Gasteiger partial charge in [0.15, 0.2) is 0 Å². The largest absolute Gasteiger partial charge is 0.418 e. The van der Waals surface area contributed by atoms with Crippen LogP contribution in [0.3, 0.4) is 0 Å². The van der Waals surface area contributed by atoms with E-state index in [2.05, 4.69) is 0 Å². The SMILES string of the molecule is CSCCN(C)c1ccc(N)cc1C(F)(F)F. The van der Waals surface area contributed by atoms with Crippen LogP contribution in [-0.2, 0) is 6.18 Å². The molecular formula is C11H15F3N2S. The maximum Gasteiger partial charge on any atom is 0.418 e. The number of benzene rings is 1. The quantitative estimate of drug-likeness (QED) is 0.847. The van der Waals surface area contributed by atoms with E-state index >= 15 is 0 Å². The molecule has 1 aromatic rings. The van der Waals surface area contributed by atoms with E-state index in [-0.39, 0.29) is 11.4 Å². The Morgan fingerprint density at radius 3 is 2.53 bits per heavy atom. The van der Waals surface area contributed by atoms with E-state index in [9.17, 15) is 13.2 Å². The number of alkyl halides is 3. The molecule has 0 aromatic heterocycles. The van der Waals surface area contributed by atoms with E-state index in [1.807, 2.05) is 6.26 Å². The zero-order valence-electron chi connectivity index (χ0n) is 9.71. The summed E-state index contributed by atoms with van der Waals surface area (Å²) in [7, 11) is 1.65. The predicted octanol–water partition coefficient (Wildman–Crippen LogP) is 3.09. The van der Waals surface area contributed by atoms with Crippen LogP contribution >= 0.6 is 11.8 Å². The highest BCUT2D eigenvalue weighted by molar-refractivity contribution is 7.98. The van der Waals surface area contributed by atoms with Gasteiger partial charge in [0.25, 0.3) is 0 Å². The van der Waals surface area contributed by atoms with E-state index in [0.29, 0.717) is 6.54 Å². The molecule has 2 N–H and O–H groups in total. The third kappa shape index (κ3) is 3.73. The van der Waals surface area contributed by atoms with Crippen molar-refractivity contribution in [1.82, 2.24) is 0 Å². The molecule has 96 valence electrons. The average molecular weight is 264 g/mol. The van der Waals surface area contributed by atoms with Crippen LogP contribution in [0.1, 0.15) is 5.56 Å². The van der Waals surface area contributed by atoms with E-state index in [1.165, 1.54) is 12.1 Å². The van der Waals surface area contributed by atoms with Crippen LogP contribution in [0.4, 0.5) is 24.5 Å². The maximum absolute atomic E-state index is 12.8. The number of nitrogens with two attached hydrogens (primary N) is 1. The third-order valence-corrected chi connectivity index (χ3v) is 2.96. The lowest BCUT2D eigenvalue weighted by Crippen LogP contribution is -2.23. The second-order valence-corrected chi connectivity index (χ2v) is 4.67. The zero-order chi connectivity index (χ0) is 13.1. The van der Waals surface area contributed by atoms with Gasteiger partial charge in [-0.3, -0.25) is 0 Å². The Hall–Kier alpha value is -1.04. The molecule has 0 aliphatic carbocycles. The van der Waals surface area contributed by atoms with Crippen molar-refractivity contribution in [3.63, 3.8) is 0 Å². The van der Waals surface area contributed by atoms with Gasteiger partial charge in [0, 0.05) is 30.7 Å². The van der Waals surface area contributed by atoms with Crippen molar-refractivity contribution < 1.29 is 13.2 Å². The molecule has 0 unspecified atom stereocenters. The van der Waals surface area contributed by atoms with E-state index in [0.717, 1.165) is 11.8 Å². The van der Waals surface area contributed by atoms with Crippen LogP contribution < -0.4 is 10.6 Å². The van der Waals surface area contributed by atoms with Crippen molar-refractivity contribution >= 4 is 23.1 Å². The van der Waals surface area contributed by atoms with Crippen molar-refractivity contribution in [3.8, 4) is 0 Å². The van der Waals surface area contributed by atoms with E-state index in [4.69, 9.17) is 5.73 Å². The van der Waals surface area contributed by atoms with Crippen LogP contribution in [-0.4, -0.2) is 25.6 Å². The summed E-state index contributed by atoms with van der Waals surface area (Å²) in [6, 6.07) is 3.88. The standard InChI is InChI=1S/C11H15F3N2S/c1-16(5-6-17-2)10-4-3-8(15)7-9(10)11(12,13)14/h3-4,7H,5-6,15H2,1-2H3. The molecule has 0 saturated carbocycles. The Morgan fingerprint density at radius 2 is 2.00 bits per heavy atom.